The van der Waals surface area contributed by atoms with Gasteiger partial charge in [-0.3, -0.25) is 9.59 Å². The Morgan fingerprint density at radius 3 is 2.80 bits per heavy atom. The molecule has 0 spiro atoms. The Morgan fingerprint density at radius 2 is 2.20 bits per heavy atom. The molecule has 1 aromatic rings. The number of rotatable bonds is 6. The lowest BCUT2D eigenvalue weighted by Crippen LogP contribution is -2.33. The highest BCUT2D eigenvalue weighted by atomic mass is 16.5. The van der Waals surface area contributed by atoms with Gasteiger partial charge < -0.3 is 20.2 Å². The highest BCUT2D eigenvalue weighted by molar-refractivity contribution is 5.95. The van der Waals surface area contributed by atoms with Crippen molar-refractivity contribution in [2.24, 2.45) is 5.73 Å². The molecule has 1 aromatic heterocycles. The number of amides is 2. The summed E-state index contributed by atoms with van der Waals surface area (Å²) in [6, 6.07) is 2.87. The summed E-state index contributed by atoms with van der Waals surface area (Å²) in [5.41, 5.74) is 5.07. The maximum Gasteiger partial charge on any atom is 0.287 e. The fourth-order valence-corrected chi connectivity index (χ4v) is 2.27. The minimum atomic E-state index is -0.685. The number of hydrogen-bond acceptors (Lipinski definition) is 4. The van der Waals surface area contributed by atoms with Crippen molar-refractivity contribution in [2.45, 2.75) is 44.8 Å². The van der Waals surface area contributed by atoms with Gasteiger partial charge in [0.05, 0.1) is 6.10 Å². The standard InChI is InChI=1S/C14H20N2O4/c1-9(4-5-10-3-2-8-19-10)16-14(18)12-7-6-11(20-12)13(15)17/h6-7,9-10H,2-5,8H2,1H3,(H2,15,17)(H,16,18)/t9-,10-/m0/s1. The third-order valence-corrected chi connectivity index (χ3v) is 3.40. The predicted molar refractivity (Wildman–Crippen MR) is 72.4 cm³/mol. The number of ether oxygens (including phenoxy) is 1. The van der Waals surface area contributed by atoms with Crippen molar-refractivity contribution < 1.29 is 18.7 Å². The molecule has 0 bridgehead atoms. The van der Waals surface area contributed by atoms with Crippen LogP contribution in [0.5, 0.6) is 0 Å². The van der Waals surface area contributed by atoms with Gasteiger partial charge in [0, 0.05) is 12.6 Å². The molecular formula is C14H20N2O4. The van der Waals surface area contributed by atoms with Gasteiger partial charge in [-0.2, -0.15) is 0 Å². The zero-order valence-corrected chi connectivity index (χ0v) is 11.6. The van der Waals surface area contributed by atoms with Crippen LogP contribution in [-0.4, -0.2) is 30.6 Å². The molecule has 6 heteroatoms. The van der Waals surface area contributed by atoms with Gasteiger partial charge in [-0.15, -0.1) is 0 Å². The summed E-state index contributed by atoms with van der Waals surface area (Å²) in [4.78, 5) is 22.8. The number of furan rings is 1. The molecule has 2 atom stereocenters. The molecule has 0 aromatic carbocycles. The van der Waals surface area contributed by atoms with E-state index in [0.29, 0.717) is 6.10 Å². The molecule has 1 aliphatic rings. The first-order chi connectivity index (χ1) is 9.56. The molecule has 2 amide bonds. The third-order valence-electron chi connectivity index (χ3n) is 3.40. The first-order valence-electron chi connectivity index (χ1n) is 6.88. The lowest BCUT2D eigenvalue weighted by molar-refractivity contribution is 0.0872. The number of carbonyl (C=O) groups excluding carboxylic acids is 2. The third kappa shape index (κ3) is 3.84. The van der Waals surface area contributed by atoms with E-state index in [4.69, 9.17) is 14.9 Å². The smallest absolute Gasteiger partial charge is 0.287 e. The topological polar surface area (TPSA) is 94.6 Å². The fourth-order valence-electron chi connectivity index (χ4n) is 2.27. The number of primary amides is 1. The summed E-state index contributed by atoms with van der Waals surface area (Å²) in [6.45, 7) is 2.78. The lowest BCUT2D eigenvalue weighted by atomic mass is 10.1. The zero-order valence-electron chi connectivity index (χ0n) is 11.6. The van der Waals surface area contributed by atoms with Crippen molar-refractivity contribution in [2.75, 3.05) is 6.61 Å². The van der Waals surface area contributed by atoms with Crippen molar-refractivity contribution in [1.29, 1.82) is 0 Å². The second-order valence-electron chi connectivity index (χ2n) is 5.12. The molecule has 3 N–H and O–H groups in total. The quantitative estimate of drug-likeness (QED) is 0.824. The first kappa shape index (κ1) is 14.6. The zero-order chi connectivity index (χ0) is 14.5. The summed E-state index contributed by atoms with van der Waals surface area (Å²) in [5.74, 6) is -0.933. The van der Waals surface area contributed by atoms with E-state index in [-0.39, 0.29) is 23.5 Å². The predicted octanol–water partition coefficient (Wildman–Crippen LogP) is 1.46. The summed E-state index contributed by atoms with van der Waals surface area (Å²) in [7, 11) is 0. The van der Waals surface area contributed by atoms with E-state index in [2.05, 4.69) is 5.32 Å². The molecule has 1 saturated heterocycles. The molecular weight excluding hydrogens is 260 g/mol. The Hall–Kier alpha value is -1.82. The van der Waals surface area contributed by atoms with Crippen LogP contribution in [-0.2, 0) is 4.74 Å². The van der Waals surface area contributed by atoms with Gasteiger partial charge in [0.15, 0.2) is 11.5 Å². The number of hydrogen-bond donors (Lipinski definition) is 2. The van der Waals surface area contributed by atoms with Crippen LogP contribution in [0.25, 0.3) is 0 Å². The Morgan fingerprint density at radius 1 is 1.45 bits per heavy atom. The van der Waals surface area contributed by atoms with E-state index in [9.17, 15) is 9.59 Å². The fraction of sp³-hybridized carbons (Fsp3) is 0.571. The van der Waals surface area contributed by atoms with E-state index in [1.165, 1.54) is 12.1 Å². The lowest BCUT2D eigenvalue weighted by Gasteiger charge is -2.15. The molecule has 0 unspecified atom stereocenters. The molecule has 6 nitrogen and oxygen atoms in total. The number of nitrogens with two attached hydrogens (primary N) is 1. The highest BCUT2D eigenvalue weighted by Gasteiger charge is 2.19. The van der Waals surface area contributed by atoms with Crippen molar-refractivity contribution in [1.82, 2.24) is 5.32 Å². The van der Waals surface area contributed by atoms with E-state index >= 15 is 0 Å². The molecule has 0 saturated carbocycles. The largest absolute Gasteiger partial charge is 0.446 e. The maximum absolute atomic E-state index is 11.9. The van der Waals surface area contributed by atoms with Gasteiger partial charge in [0.25, 0.3) is 11.8 Å². The summed E-state index contributed by atoms with van der Waals surface area (Å²) in [6.07, 6.45) is 4.32. The van der Waals surface area contributed by atoms with Crippen LogP contribution in [0.2, 0.25) is 0 Å². The molecule has 1 aliphatic heterocycles. The summed E-state index contributed by atoms with van der Waals surface area (Å²) < 4.78 is 10.6. The van der Waals surface area contributed by atoms with Crippen LogP contribution in [0.1, 0.15) is 53.7 Å². The molecule has 0 aliphatic carbocycles. The van der Waals surface area contributed by atoms with Gasteiger partial charge in [-0.25, -0.2) is 0 Å². The average molecular weight is 280 g/mol. The van der Waals surface area contributed by atoms with Crippen LogP contribution in [0, 0.1) is 0 Å². The monoisotopic (exact) mass is 280 g/mol. The normalized spacial score (nSPS) is 19.8. The number of nitrogens with one attached hydrogen (secondary N) is 1. The van der Waals surface area contributed by atoms with Gasteiger partial charge in [-0.1, -0.05) is 0 Å². The second kappa shape index (κ2) is 6.56. The minimum absolute atomic E-state index is 0.0119. The molecule has 2 rings (SSSR count). The van der Waals surface area contributed by atoms with E-state index in [1.807, 2.05) is 6.92 Å². The van der Waals surface area contributed by atoms with E-state index in [1.54, 1.807) is 0 Å². The Bertz CT molecular complexity index is 477. The minimum Gasteiger partial charge on any atom is -0.446 e. The molecule has 2 heterocycles. The Balaban J connectivity index is 1.78. The Labute approximate surface area is 117 Å². The van der Waals surface area contributed by atoms with Crippen molar-refractivity contribution >= 4 is 11.8 Å². The number of carbonyl (C=O) groups is 2. The van der Waals surface area contributed by atoms with Crippen LogP contribution in [0.15, 0.2) is 16.5 Å². The molecule has 1 fully saturated rings. The van der Waals surface area contributed by atoms with E-state index in [0.717, 1.165) is 32.3 Å². The van der Waals surface area contributed by atoms with E-state index < -0.39 is 5.91 Å². The van der Waals surface area contributed by atoms with Gasteiger partial charge in [0.2, 0.25) is 0 Å². The van der Waals surface area contributed by atoms with Gasteiger partial charge in [0.1, 0.15) is 0 Å². The SMILES string of the molecule is C[C@@H](CC[C@@H]1CCCO1)NC(=O)c1ccc(C(N)=O)o1. The van der Waals surface area contributed by atoms with Crippen LogP contribution < -0.4 is 11.1 Å². The van der Waals surface area contributed by atoms with Crippen LogP contribution in [0.4, 0.5) is 0 Å². The van der Waals surface area contributed by atoms with Crippen molar-refractivity contribution in [3.63, 3.8) is 0 Å². The van der Waals surface area contributed by atoms with Gasteiger partial charge in [-0.05, 0) is 44.7 Å². The summed E-state index contributed by atoms with van der Waals surface area (Å²) >= 11 is 0. The van der Waals surface area contributed by atoms with Crippen molar-refractivity contribution in [3.05, 3.63) is 23.7 Å². The Kier molecular flexibility index (Phi) is 4.79. The molecule has 0 radical (unpaired) electrons. The second-order valence-corrected chi connectivity index (χ2v) is 5.12. The maximum atomic E-state index is 11.9. The van der Waals surface area contributed by atoms with Crippen LogP contribution in [0.3, 0.4) is 0 Å². The summed E-state index contributed by atoms with van der Waals surface area (Å²) in [5, 5.41) is 2.83. The van der Waals surface area contributed by atoms with Crippen LogP contribution >= 0.6 is 0 Å². The average Bonchev–Trinajstić information content (AvgIpc) is 3.07. The van der Waals surface area contributed by atoms with Crippen molar-refractivity contribution in [3.8, 4) is 0 Å². The molecule has 20 heavy (non-hydrogen) atoms. The van der Waals surface area contributed by atoms with Gasteiger partial charge >= 0.3 is 0 Å². The molecule has 110 valence electrons. The first-order valence-corrected chi connectivity index (χ1v) is 6.88. The highest BCUT2D eigenvalue weighted by Crippen LogP contribution is 2.17.